The molecule has 0 aromatic carbocycles. The molecule has 0 spiro atoms. The zero-order valence-corrected chi connectivity index (χ0v) is 20.6. The van der Waals surface area contributed by atoms with Crippen LogP contribution in [0.2, 0.25) is 0 Å². The zero-order valence-electron chi connectivity index (χ0n) is 20.6. The van der Waals surface area contributed by atoms with Crippen LogP contribution in [0.4, 0.5) is 0 Å². The van der Waals surface area contributed by atoms with Gasteiger partial charge in [0.15, 0.2) is 0 Å². The van der Waals surface area contributed by atoms with Crippen LogP contribution < -0.4 is 5.32 Å². The number of nitrogens with one attached hydrogen (secondary N) is 1. The SMILES string of the molecule is CCOC(=O)[C@]12C(C(=O)OC)=C(C(=O)OC)ON1[C@@](C(=O)NC(C)(C)C)(C(=O)OC)[C@@H]2C(=O)OC. The number of amides is 1. The van der Waals surface area contributed by atoms with E-state index in [1.807, 2.05) is 0 Å². The first kappa shape index (κ1) is 27.6. The summed E-state index contributed by atoms with van der Waals surface area (Å²) in [6.45, 7) is 5.95. The van der Waals surface area contributed by atoms with Crippen LogP contribution in [0, 0.1) is 5.92 Å². The summed E-state index contributed by atoms with van der Waals surface area (Å²) in [5.74, 6) is -10.6. The number of hydrogen-bond acceptors (Lipinski definition) is 13. The first-order chi connectivity index (χ1) is 16.3. The third-order valence-corrected chi connectivity index (χ3v) is 5.38. The van der Waals surface area contributed by atoms with Gasteiger partial charge in [0.1, 0.15) is 11.5 Å². The van der Waals surface area contributed by atoms with Crippen molar-refractivity contribution in [1.29, 1.82) is 0 Å². The number of rotatable bonds is 7. The van der Waals surface area contributed by atoms with Gasteiger partial charge in [0, 0.05) is 5.54 Å². The molecule has 2 rings (SSSR count). The van der Waals surface area contributed by atoms with Gasteiger partial charge in [-0.15, -0.1) is 0 Å². The van der Waals surface area contributed by atoms with Gasteiger partial charge in [-0.1, -0.05) is 5.06 Å². The van der Waals surface area contributed by atoms with E-state index in [0.29, 0.717) is 5.06 Å². The summed E-state index contributed by atoms with van der Waals surface area (Å²) in [5, 5.41) is 2.97. The Hall–Kier alpha value is -3.68. The number of hydroxylamine groups is 2. The lowest BCUT2D eigenvalue weighted by atomic mass is 9.57. The lowest BCUT2D eigenvalue weighted by molar-refractivity contribution is -0.309. The van der Waals surface area contributed by atoms with E-state index in [1.165, 1.54) is 6.92 Å². The van der Waals surface area contributed by atoms with Crippen LogP contribution in [0.15, 0.2) is 11.3 Å². The maximum Gasteiger partial charge on any atom is 0.376 e. The van der Waals surface area contributed by atoms with Crippen LogP contribution in [-0.2, 0) is 57.3 Å². The Balaban J connectivity index is 3.02. The van der Waals surface area contributed by atoms with Gasteiger partial charge in [0.05, 0.1) is 35.0 Å². The fourth-order valence-corrected chi connectivity index (χ4v) is 4.14. The summed E-state index contributed by atoms with van der Waals surface area (Å²) in [5.41, 5.74) is -7.13. The van der Waals surface area contributed by atoms with Crippen molar-refractivity contribution in [3.63, 3.8) is 0 Å². The number of esters is 5. The molecule has 0 aromatic rings. The second-order valence-electron chi connectivity index (χ2n) is 8.48. The second-order valence-corrected chi connectivity index (χ2v) is 8.48. The van der Waals surface area contributed by atoms with Crippen molar-refractivity contribution < 1.29 is 57.3 Å². The van der Waals surface area contributed by atoms with Crippen molar-refractivity contribution in [2.24, 2.45) is 5.92 Å². The van der Waals surface area contributed by atoms with Crippen molar-refractivity contribution in [3.05, 3.63) is 11.3 Å². The number of fused-ring (bicyclic) bond motifs is 1. The minimum Gasteiger partial charge on any atom is -0.469 e. The summed E-state index contributed by atoms with van der Waals surface area (Å²) in [4.78, 5) is 84.3. The highest BCUT2D eigenvalue weighted by atomic mass is 16.7. The summed E-state index contributed by atoms with van der Waals surface area (Å²) in [6, 6.07) is 0. The van der Waals surface area contributed by atoms with Gasteiger partial charge in [0.25, 0.3) is 5.91 Å². The van der Waals surface area contributed by atoms with Crippen molar-refractivity contribution in [1.82, 2.24) is 10.4 Å². The molecule has 194 valence electrons. The van der Waals surface area contributed by atoms with Crippen molar-refractivity contribution in [2.75, 3.05) is 35.0 Å². The summed E-state index contributed by atoms with van der Waals surface area (Å²) in [7, 11) is 3.76. The highest BCUT2D eigenvalue weighted by molar-refractivity contribution is 6.20. The average Bonchev–Trinajstić information content (AvgIpc) is 3.09. The molecule has 0 bridgehead atoms. The van der Waals surface area contributed by atoms with Gasteiger partial charge in [-0.2, -0.15) is 0 Å². The van der Waals surface area contributed by atoms with Crippen LogP contribution >= 0.6 is 0 Å². The van der Waals surface area contributed by atoms with Crippen LogP contribution in [0.5, 0.6) is 0 Å². The molecular formula is C21H28N2O12. The van der Waals surface area contributed by atoms with E-state index in [0.717, 1.165) is 28.4 Å². The molecule has 1 saturated heterocycles. The van der Waals surface area contributed by atoms with E-state index >= 15 is 0 Å². The van der Waals surface area contributed by atoms with Crippen molar-refractivity contribution >= 4 is 35.8 Å². The Kier molecular flexibility index (Phi) is 7.50. The molecule has 1 amide bonds. The molecular weight excluding hydrogens is 472 g/mol. The number of nitrogens with zero attached hydrogens (tertiary/aromatic N) is 1. The third kappa shape index (κ3) is 3.77. The molecule has 0 saturated carbocycles. The number of carbonyl (C=O) groups is 6. The average molecular weight is 500 g/mol. The molecule has 2 heterocycles. The zero-order chi connectivity index (χ0) is 26.9. The molecule has 35 heavy (non-hydrogen) atoms. The lowest BCUT2D eigenvalue weighted by Gasteiger charge is -2.59. The van der Waals surface area contributed by atoms with E-state index in [-0.39, 0.29) is 6.61 Å². The molecule has 2 aliphatic rings. The lowest BCUT2D eigenvalue weighted by Crippen LogP contribution is -2.90. The molecule has 0 aliphatic carbocycles. The normalized spacial score (nSPS) is 25.3. The Morgan fingerprint density at radius 3 is 1.91 bits per heavy atom. The highest BCUT2D eigenvalue weighted by Crippen LogP contribution is 2.61. The van der Waals surface area contributed by atoms with Crippen LogP contribution in [0.1, 0.15) is 27.7 Å². The molecule has 14 nitrogen and oxygen atoms in total. The minimum atomic E-state index is -2.73. The van der Waals surface area contributed by atoms with Gasteiger partial charge in [-0.05, 0) is 27.7 Å². The van der Waals surface area contributed by atoms with Crippen molar-refractivity contribution in [3.8, 4) is 0 Å². The largest absolute Gasteiger partial charge is 0.469 e. The molecule has 0 unspecified atom stereocenters. The van der Waals surface area contributed by atoms with Crippen LogP contribution in [-0.4, -0.2) is 92.5 Å². The molecule has 14 heteroatoms. The number of methoxy groups -OCH3 is 4. The Bertz CT molecular complexity index is 997. The van der Waals surface area contributed by atoms with Crippen LogP contribution in [0.25, 0.3) is 0 Å². The van der Waals surface area contributed by atoms with Crippen molar-refractivity contribution in [2.45, 2.75) is 44.3 Å². The van der Waals surface area contributed by atoms with E-state index in [2.05, 4.69) is 10.1 Å². The molecule has 2 aliphatic heterocycles. The quantitative estimate of drug-likeness (QED) is 0.250. The van der Waals surface area contributed by atoms with E-state index in [1.54, 1.807) is 20.8 Å². The second kappa shape index (κ2) is 9.52. The first-order valence-corrected chi connectivity index (χ1v) is 10.3. The summed E-state index contributed by atoms with van der Waals surface area (Å²) >= 11 is 0. The summed E-state index contributed by atoms with van der Waals surface area (Å²) in [6.07, 6.45) is 0. The van der Waals surface area contributed by atoms with Gasteiger partial charge in [0.2, 0.25) is 16.8 Å². The smallest absolute Gasteiger partial charge is 0.376 e. The fourth-order valence-electron chi connectivity index (χ4n) is 4.14. The molecule has 1 N–H and O–H groups in total. The number of hydrogen-bond donors (Lipinski definition) is 1. The Morgan fingerprint density at radius 2 is 1.49 bits per heavy atom. The highest BCUT2D eigenvalue weighted by Gasteiger charge is 2.90. The van der Waals surface area contributed by atoms with Crippen LogP contribution in [0.3, 0.4) is 0 Å². The number of ether oxygens (including phenoxy) is 5. The fraction of sp³-hybridized carbons (Fsp3) is 0.619. The van der Waals surface area contributed by atoms with Gasteiger partial charge < -0.3 is 33.8 Å². The van der Waals surface area contributed by atoms with E-state index < -0.39 is 69.6 Å². The molecule has 3 atom stereocenters. The van der Waals surface area contributed by atoms with E-state index in [9.17, 15) is 28.8 Å². The topological polar surface area (TPSA) is 173 Å². The van der Waals surface area contributed by atoms with Gasteiger partial charge >= 0.3 is 29.8 Å². The Labute approximate surface area is 200 Å². The monoisotopic (exact) mass is 500 g/mol. The minimum absolute atomic E-state index is 0.246. The van der Waals surface area contributed by atoms with Gasteiger partial charge in [-0.3, -0.25) is 9.59 Å². The predicted molar refractivity (Wildman–Crippen MR) is 111 cm³/mol. The molecule has 1 fully saturated rings. The maximum absolute atomic E-state index is 13.6. The maximum atomic E-state index is 13.6. The number of carbonyl (C=O) groups excluding carboxylic acids is 6. The first-order valence-electron chi connectivity index (χ1n) is 10.3. The summed E-state index contributed by atoms with van der Waals surface area (Å²) < 4.78 is 24.1. The molecule has 0 radical (unpaired) electrons. The Morgan fingerprint density at radius 1 is 0.914 bits per heavy atom. The van der Waals surface area contributed by atoms with E-state index in [4.69, 9.17) is 23.8 Å². The predicted octanol–water partition coefficient (Wildman–Crippen LogP) is -1.24. The third-order valence-electron chi connectivity index (χ3n) is 5.38. The standard InChI is InChI=1S/C21H28N2O12/c1-9-34-18(29)20-10(13(24)30-5)11(14(25)31-6)35-23(20)21(17(28)33-8,12(20)15(26)32-7)16(27)22-19(2,3)4/h12H,9H2,1-8H3,(H,22,27)/t12-,20-,21+/m1/s1. The molecule has 0 aromatic heterocycles. The van der Waals surface area contributed by atoms with Gasteiger partial charge in [-0.25, -0.2) is 19.2 Å².